The van der Waals surface area contributed by atoms with Crippen LogP contribution in [-0.4, -0.2) is 22.6 Å². The maximum absolute atomic E-state index is 12.9. The zero-order valence-electron chi connectivity index (χ0n) is 17.1. The highest BCUT2D eigenvalue weighted by Crippen LogP contribution is 2.33. The second kappa shape index (κ2) is 9.53. The Hall–Kier alpha value is -2.84. The molecule has 160 valence electrons. The van der Waals surface area contributed by atoms with Crippen molar-refractivity contribution in [3.8, 4) is 0 Å². The van der Waals surface area contributed by atoms with Crippen molar-refractivity contribution in [2.24, 2.45) is 5.92 Å². The molecule has 0 saturated carbocycles. The second-order valence-electron chi connectivity index (χ2n) is 7.52. The van der Waals surface area contributed by atoms with E-state index in [1.165, 1.54) is 11.3 Å². The third-order valence-electron chi connectivity index (χ3n) is 5.26. The van der Waals surface area contributed by atoms with E-state index in [0.29, 0.717) is 22.1 Å². The molecular weight excluding hydrogens is 430 g/mol. The van der Waals surface area contributed by atoms with Gasteiger partial charge in [-0.3, -0.25) is 14.4 Å². The quantitative estimate of drug-likeness (QED) is 0.555. The number of aromatic nitrogens is 1. The van der Waals surface area contributed by atoms with Gasteiger partial charge in [0.05, 0.1) is 29.0 Å². The Bertz CT molecular complexity index is 1080. The molecule has 1 aromatic carbocycles. The fourth-order valence-corrected chi connectivity index (χ4v) is 5.49. The Balaban J connectivity index is 1.40. The van der Waals surface area contributed by atoms with Gasteiger partial charge in [0.2, 0.25) is 11.8 Å². The average molecular weight is 454 g/mol. The van der Waals surface area contributed by atoms with Gasteiger partial charge in [0.15, 0.2) is 10.9 Å². The van der Waals surface area contributed by atoms with Crippen LogP contribution in [0.4, 0.5) is 5.13 Å². The number of rotatable bonds is 7. The fourth-order valence-electron chi connectivity index (χ4n) is 3.67. The summed E-state index contributed by atoms with van der Waals surface area (Å²) in [7, 11) is 0. The van der Waals surface area contributed by atoms with Crippen molar-refractivity contribution < 1.29 is 14.4 Å². The molecule has 0 radical (unpaired) electrons. The third-order valence-corrected chi connectivity index (χ3v) is 7.30. The number of Topliss-reactive ketones (excluding diaryl/α,β-unsaturated/α-hetero) is 1. The Labute approximate surface area is 188 Å². The van der Waals surface area contributed by atoms with Gasteiger partial charge >= 0.3 is 0 Å². The molecule has 2 unspecified atom stereocenters. The molecule has 2 heterocycles. The number of fused-ring (bicyclic) bond motifs is 1. The van der Waals surface area contributed by atoms with E-state index in [1.807, 2.05) is 54.8 Å². The van der Waals surface area contributed by atoms with Crippen molar-refractivity contribution in [2.75, 3.05) is 5.32 Å². The van der Waals surface area contributed by atoms with Crippen LogP contribution in [0.5, 0.6) is 0 Å². The van der Waals surface area contributed by atoms with Crippen LogP contribution in [-0.2, 0) is 22.4 Å². The first-order valence-corrected chi connectivity index (χ1v) is 11.9. The standard InChI is InChI=1S/C23H23N3O3S2/c1-2-16(19-9-6-10-30-19)24-22(29)15-12-17-21(18(27)13-15)31-23(25-17)26-20(28)11-14-7-4-3-5-8-14/h3-10,15-16H,2,11-13H2,1H3,(H,24,29)(H,25,26,28). The van der Waals surface area contributed by atoms with E-state index in [2.05, 4.69) is 15.6 Å². The number of anilines is 1. The number of hydrogen-bond acceptors (Lipinski definition) is 6. The SMILES string of the molecule is CCC(NC(=O)C1CC(=O)c2sc(NC(=O)Cc3ccccc3)nc2C1)c1cccs1. The van der Waals surface area contributed by atoms with Gasteiger partial charge in [-0.05, 0) is 23.4 Å². The minimum absolute atomic E-state index is 0.0488. The lowest BCUT2D eigenvalue weighted by molar-refractivity contribution is -0.125. The predicted molar refractivity (Wildman–Crippen MR) is 123 cm³/mol. The van der Waals surface area contributed by atoms with Gasteiger partial charge in [0.25, 0.3) is 0 Å². The van der Waals surface area contributed by atoms with Gasteiger partial charge in [-0.1, -0.05) is 54.7 Å². The van der Waals surface area contributed by atoms with E-state index in [4.69, 9.17) is 0 Å². The first-order chi connectivity index (χ1) is 15.0. The van der Waals surface area contributed by atoms with Crippen molar-refractivity contribution in [3.05, 3.63) is 68.9 Å². The molecule has 8 heteroatoms. The van der Waals surface area contributed by atoms with Crippen LogP contribution in [0.1, 0.15) is 51.6 Å². The minimum Gasteiger partial charge on any atom is -0.348 e. The molecule has 0 saturated heterocycles. The molecule has 4 rings (SSSR count). The lowest BCUT2D eigenvalue weighted by Gasteiger charge is -2.23. The lowest BCUT2D eigenvalue weighted by Crippen LogP contribution is -2.37. The van der Waals surface area contributed by atoms with Crippen LogP contribution in [0, 0.1) is 5.92 Å². The highest BCUT2D eigenvalue weighted by molar-refractivity contribution is 7.17. The zero-order valence-corrected chi connectivity index (χ0v) is 18.7. The lowest BCUT2D eigenvalue weighted by atomic mass is 9.89. The van der Waals surface area contributed by atoms with E-state index in [0.717, 1.165) is 16.9 Å². The molecule has 0 bridgehead atoms. The van der Waals surface area contributed by atoms with E-state index >= 15 is 0 Å². The molecule has 2 atom stereocenters. The van der Waals surface area contributed by atoms with Crippen LogP contribution in [0.2, 0.25) is 0 Å². The number of amides is 2. The van der Waals surface area contributed by atoms with E-state index in [-0.39, 0.29) is 36.5 Å². The summed E-state index contributed by atoms with van der Waals surface area (Å²) >= 11 is 2.80. The molecule has 0 aliphatic heterocycles. The summed E-state index contributed by atoms with van der Waals surface area (Å²) in [6, 6.07) is 13.4. The number of ketones is 1. The Morgan fingerprint density at radius 1 is 1.16 bits per heavy atom. The smallest absolute Gasteiger partial charge is 0.230 e. The first-order valence-electron chi connectivity index (χ1n) is 10.2. The molecular formula is C23H23N3O3S2. The van der Waals surface area contributed by atoms with Gasteiger partial charge in [-0.15, -0.1) is 11.3 Å². The average Bonchev–Trinajstić information content (AvgIpc) is 3.42. The monoisotopic (exact) mass is 453 g/mol. The molecule has 6 nitrogen and oxygen atoms in total. The number of nitrogens with one attached hydrogen (secondary N) is 2. The van der Waals surface area contributed by atoms with Crippen molar-refractivity contribution >= 4 is 45.4 Å². The summed E-state index contributed by atoms with van der Waals surface area (Å²) in [4.78, 5) is 43.9. The normalized spacial score (nSPS) is 16.4. The van der Waals surface area contributed by atoms with Crippen LogP contribution >= 0.6 is 22.7 Å². The maximum atomic E-state index is 12.9. The highest BCUT2D eigenvalue weighted by atomic mass is 32.1. The molecule has 1 aliphatic carbocycles. The van der Waals surface area contributed by atoms with Crippen LogP contribution in [0.3, 0.4) is 0 Å². The van der Waals surface area contributed by atoms with E-state index < -0.39 is 5.92 Å². The molecule has 2 aromatic heterocycles. The summed E-state index contributed by atoms with van der Waals surface area (Å²) in [5.74, 6) is -0.835. The van der Waals surface area contributed by atoms with Crippen molar-refractivity contribution in [1.82, 2.24) is 10.3 Å². The molecule has 1 aliphatic rings. The largest absolute Gasteiger partial charge is 0.348 e. The van der Waals surface area contributed by atoms with Crippen LogP contribution < -0.4 is 10.6 Å². The maximum Gasteiger partial charge on any atom is 0.230 e. The fraction of sp³-hybridized carbons (Fsp3) is 0.304. The molecule has 3 aromatic rings. The van der Waals surface area contributed by atoms with Crippen LogP contribution in [0.15, 0.2) is 47.8 Å². The van der Waals surface area contributed by atoms with Gasteiger partial charge in [0, 0.05) is 17.7 Å². The number of carbonyl (C=O) groups is 3. The number of nitrogens with zero attached hydrogens (tertiary/aromatic N) is 1. The number of thiazole rings is 1. The number of hydrogen-bond donors (Lipinski definition) is 2. The third kappa shape index (κ3) is 5.08. The number of carbonyl (C=O) groups excluding carboxylic acids is 3. The summed E-state index contributed by atoms with van der Waals surface area (Å²) in [6.07, 6.45) is 1.59. The minimum atomic E-state index is -0.441. The number of thiophene rings is 1. The van der Waals surface area contributed by atoms with Crippen LogP contribution in [0.25, 0.3) is 0 Å². The Kier molecular flexibility index (Phi) is 6.58. The van der Waals surface area contributed by atoms with Crippen molar-refractivity contribution in [1.29, 1.82) is 0 Å². The van der Waals surface area contributed by atoms with E-state index in [9.17, 15) is 14.4 Å². The molecule has 31 heavy (non-hydrogen) atoms. The first kappa shape index (κ1) is 21.4. The summed E-state index contributed by atoms with van der Waals surface area (Å²) in [5.41, 5.74) is 1.51. The van der Waals surface area contributed by atoms with Gasteiger partial charge < -0.3 is 10.6 Å². The topological polar surface area (TPSA) is 88.2 Å². The molecule has 2 N–H and O–H groups in total. The van der Waals surface area contributed by atoms with E-state index in [1.54, 1.807) is 11.3 Å². The molecule has 0 fully saturated rings. The Morgan fingerprint density at radius 3 is 2.68 bits per heavy atom. The second-order valence-corrected chi connectivity index (χ2v) is 9.50. The summed E-state index contributed by atoms with van der Waals surface area (Å²) in [5, 5.41) is 8.27. The van der Waals surface area contributed by atoms with Gasteiger partial charge in [-0.25, -0.2) is 4.98 Å². The predicted octanol–water partition coefficient (Wildman–Crippen LogP) is 4.40. The van der Waals surface area contributed by atoms with Gasteiger partial charge in [0.1, 0.15) is 0 Å². The zero-order chi connectivity index (χ0) is 21.8. The Morgan fingerprint density at radius 2 is 1.97 bits per heavy atom. The van der Waals surface area contributed by atoms with Gasteiger partial charge in [-0.2, -0.15) is 0 Å². The molecule has 2 amide bonds. The summed E-state index contributed by atoms with van der Waals surface area (Å²) < 4.78 is 0. The van der Waals surface area contributed by atoms with Crippen molar-refractivity contribution in [2.45, 2.75) is 38.6 Å². The summed E-state index contributed by atoms with van der Waals surface area (Å²) in [6.45, 7) is 2.03. The van der Waals surface area contributed by atoms with Crippen molar-refractivity contribution in [3.63, 3.8) is 0 Å². The molecule has 0 spiro atoms. The highest BCUT2D eigenvalue weighted by Gasteiger charge is 2.34. The number of benzene rings is 1.